The van der Waals surface area contributed by atoms with E-state index < -0.39 is 0 Å². The lowest BCUT2D eigenvalue weighted by Gasteiger charge is -2.27. The van der Waals surface area contributed by atoms with Crippen LogP contribution in [0.3, 0.4) is 0 Å². The van der Waals surface area contributed by atoms with Crippen molar-refractivity contribution in [3.8, 4) is 16.9 Å². The van der Waals surface area contributed by atoms with E-state index in [1.165, 1.54) is 46.6 Å². The van der Waals surface area contributed by atoms with Crippen LogP contribution in [0.5, 0.6) is 5.75 Å². The van der Waals surface area contributed by atoms with E-state index in [0.717, 1.165) is 40.1 Å². The summed E-state index contributed by atoms with van der Waals surface area (Å²) in [6.45, 7) is 0. The zero-order valence-corrected chi connectivity index (χ0v) is 18.6. The molecule has 0 radical (unpaired) electrons. The van der Waals surface area contributed by atoms with E-state index in [1.807, 2.05) is 30.3 Å². The Kier molecular flexibility index (Phi) is 4.61. The Morgan fingerprint density at radius 3 is 2.56 bits per heavy atom. The van der Waals surface area contributed by atoms with Gasteiger partial charge in [0.1, 0.15) is 21.6 Å². The predicted octanol–water partition coefficient (Wildman–Crippen LogP) is 5.70. The van der Waals surface area contributed by atoms with Crippen LogP contribution in [0.25, 0.3) is 21.3 Å². The number of hydrogen-bond donors (Lipinski definition) is 2. The molecule has 1 aliphatic heterocycles. The molecule has 0 unspecified atom stereocenters. The van der Waals surface area contributed by atoms with Crippen LogP contribution in [-0.2, 0) is 12.8 Å². The summed E-state index contributed by atoms with van der Waals surface area (Å²) in [5, 5.41) is 7.80. The second-order valence-corrected chi connectivity index (χ2v) is 9.29. The van der Waals surface area contributed by atoms with Crippen LogP contribution in [-0.4, -0.2) is 18.0 Å². The zero-order chi connectivity index (χ0) is 21.7. The second kappa shape index (κ2) is 7.64. The van der Waals surface area contributed by atoms with Gasteiger partial charge in [0.15, 0.2) is 0 Å². The molecule has 0 fully saturated rings. The maximum absolute atomic E-state index is 13.1. The van der Waals surface area contributed by atoms with Gasteiger partial charge in [0.05, 0.1) is 12.8 Å². The number of aromatic nitrogens is 1. The minimum atomic E-state index is -0.307. The van der Waals surface area contributed by atoms with E-state index in [-0.39, 0.29) is 12.1 Å². The number of nitrogens with one attached hydrogen (secondary N) is 2. The second-order valence-electron chi connectivity index (χ2n) is 8.30. The van der Waals surface area contributed by atoms with Crippen molar-refractivity contribution >= 4 is 33.1 Å². The van der Waals surface area contributed by atoms with E-state index >= 15 is 0 Å². The van der Waals surface area contributed by atoms with E-state index in [4.69, 9.17) is 9.72 Å². The molecule has 2 aromatic heterocycles. The number of hydrogen-bond acceptors (Lipinski definition) is 5. The molecule has 2 N–H and O–H groups in total. The maximum atomic E-state index is 13.1. The first-order chi connectivity index (χ1) is 15.7. The molecule has 4 aromatic rings. The number of thiophene rings is 1. The van der Waals surface area contributed by atoms with Gasteiger partial charge in [-0.25, -0.2) is 4.98 Å². The molecule has 5 nitrogen and oxygen atoms in total. The molecule has 6 rings (SSSR count). The molecule has 6 heteroatoms. The Morgan fingerprint density at radius 2 is 1.78 bits per heavy atom. The standard InChI is InChI=1S/C26H23N3O2S/c1-31-17-13-11-16(12-14-17)24-28-22-21-20(15-7-3-2-4-8-15)18-9-5-6-10-19(18)27-26(21)32-23(22)25(30)29-24/h2-4,7-8,11-14,24,28H,5-6,9-10H2,1H3,(H,29,30)/t24-/m0/s1. The number of pyridine rings is 1. The predicted molar refractivity (Wildman–Crippen MR) is 129 cm³/mol. The Labute approximate surface area is 190 Å². The normalized spacial score (nSPS) is 17.3. The van der Waals surface area contributed by atoms with Crippen LogP contribution < -0.4 is 15.4 Å². The number of amides is 1. The maximum Gasteiger partial charge on any atom is 0.265 e. The fourth-order valence-electron chi connectivity index (χ4n) is 4.85. The van der Waals surface area contributed by atoms with E-state index in [0.29, 0.717) is 4.88 Å². The monoisotopic (exact) mass is 441 g/mol. The first-order valence-electron chi connectivity index (χ1n) is 11.0. The summed E-state index contributed by atoms with van der Waals surface area (Å²) in [6.07, 6.45) is 4.07. The summed E-state index contributed by atoms with van der Waals surface area (Å²) in [4.78, 5) is 19.8. The molecule has 0 spiro atoms. The minimum Gasteiger partial charge on any atom is -0.497 e. The Bertz CT molecular complexity index is 1330. The van der Waals surface area contributed by atoms with Crippen molar-refractivity contribution in [1.82, 2.24) is 10.3 Å². The van der Waals surface area contributed by atoms with Crippen molar-refractivity contribution in [3.05, 3.63) is 76.3 Å². The Hall–Kier alpha value is -3.38. The quantitative estimate of drug-likeness (QED) is 0.428. The van der Waals surface area contributed by atoms with Gasteiger partial charge in [0, 0.05) is 11.1 Å². The van der Waals surface area contributed by atoms with Gasteiger partial charge in [-0.15, -0.1) is 11.3 Å². The van der Waals surface area contributed by atoms with Gasteiger partial charge < -0.3 is 15.4 Å². The third-order valence-electron chi connectivity index (χ3n) is 6.40. The molecule has 3 heterocycles. The zero-order valence-electron chi connectivity index (χ0n) is 17.8. The van der Waals surface area contributed by atoms with Crippen molar-refractivity contribution in [3.63, 3.8) is 0 Å². The molecule has 0 saturated carbocycles. The Balaban J connectivity index is 1.55. The highest BCUT2D eigenvalue weighted by Crippen LogP contribution is 2.47. The van der Waals surface area contributed by atoms with Crippen molar-refractivity contribution < 1.29 is 9.53 Å². The van der Waals surface area contributed by atoms with Crippen LogP contribution in [0.1, 0.15) is 45.5 Å². The lowest BCUT2D eigenvalue weighted by atomic mass is 9.87. The number of methoxy groups -OCH3 is 1. The number of carbonyl (C=O) groups is 1. The summed E-state index contributed by atoms with van der Waals surface area (Å²) < 4.78 is 5.28. The molecule has 1 aliphatic carbocycles. The summed E-state index contributed by atoms with van der Waals surface area (Å²) in [7, 11) is 1.65. The molecular weight excluding hydrogens is 418 g/mol. The average Bonchev–Trinajstić information content (AvgIpc) is 3.22. The molecule has 32 heavy (non-hydrogen) atoms. The number of ether oxygens (including phenoxy) is 1. The SMILES string of the molecule is COc1ccc([C@@H]2NC(=O)c3sc4nc5c(c(-c6ccccc6)c4c3N2)CCCC5)cc1. The lowest BCUT2D eigenvalue weighted by molar-refractivity contribution is 0.0940. The van der Waals surface area contributed by atoms with Gasteiger partial charge in [0.25, 0.3) is 5.91 Å². The van der Waals surface area contributed by atoms with Gasteiger partial charge >= 0.3 is 0 Å². The van der Waals surface area contributed by atoms with Crippen LogP contribution >= 0.6 is 11.3 Å². The molecule has 2 aromatic carbocycles. The fraction of sp³-hybridized carbons (Fsp3) is 0.231. The number of benzene rings is 2. The number of aryl methyl sites for hydroxylation is 1. The number of carbonyl (C=O) groups excluding carboxylic acids is 1. The molecule has 0 bridgehead atoms. The number of anilines is 1. The van der Waals surface area contributed by atoms with Crippen LogP contribution in [0.4, 0.5) is 5.69 Å². The lowest BCUT2D eigenvalue weighted by Crippen LogP contribution is -2.37. The van der Waals surface area contributed by atoms with Gasteiger partial charge in [-0.1, -0.05) is 42.5 Å². The van der Waals surface area contributed by atoms with Crippen LogP contribution in [0.15, 0.2) is 54.6 Å². The molecule has 0 saturated heterocycles. The third kappa shape index (κ3) is 3.06. The van der Waals surface area contributed by atoms with Gasteiger partial charge in [-0.3, -0.25) is 4.79 Å². The fourth-order valence-corrected chi connectivity index (χ4v) is 5.92. The average molecular weight is 442 g/mol. The number of fused-ring (bicyclic) bond motifs is 4. The highest BCUT2D eigenvalue weighted by molar-refractivity contribution is 7.21. The van der Waals surface area contributed by atoms with Crippen molar-refractivity contribution in [2.75, 3.05) is 12.4 Å². The van der Waals surface area contributed by atoms with Gasteiger partial charge in [0.2, 0.25) is 0 Å². The molecule has 160 valence electrons. The highest BCUT2D eigenvalue weighted by atomic mass is 32.1. The van der Waals surface area contributed by atoms with E-state index in [9.17, 15) is 4.79 Å². The van der Waals surface area contributed by atoms with Crippen molar-refractivity contribution in [2.24, 2.45) is 0 Å². The third-order valence-corrected chi connectivity index (χ3v) is 7.48. The van der Waals surface area contributed by atoms with Crippen LogP contribution in [0.2, 0.25) is 0 Å². The number of nitrogens with zero attached hydrogens (tertiary/aromatic N) is 1. The minimum absolute atomic E-state index is 0.0560. The largest absolute Gasteiger partial charge is 0.497 e. The first-order valence-corrected chi connectivity index (χ1v) is 11.8. The topological polar surface area (TPSA) is 63.2 Å². The molecule has 1 amide bonds. The molecular formula is C26H23N3O2S. The Morgan fingerprint density at radius 1 is 1.00 bits per heavy atom. The summed E-state index contributed by atoms with van der Waals surface area (Å²) in [5.41, 5.74) is 6.83. The highest BCUT2D eigenvalue weighted by Gasteiger charge is 2.32. The molecule has 1 atom stereocenters. The summed E-state index contributed by atoms with van der Waals surface area (Å²) in [5.74, 6) is 0.735. The smallest absolute Gasteiger partial charge is 0.265 e. The number of rotatable bonds is 3. The van der Waals surface area contributed by atoms with Crippen molar-refractivity contribution in [1.29, 1.82) is 0 Å². The van der Waals surface area contributed by atoms with Gasteiger partial charge in [-0.05, 0) is 60.1 Å². The van der Waals surface area contributed by atoms with E-state index in [2.05, 4.69) is 34.9 Å². The van der Waals surface area contributed by atoms with Gasteiger partial charge in [-0.2, -0.15) is 0 Å². The summed E-state index contributed by atoms with van der Waals surface area (Å²) in [6, 6.07) is 18.3. The molecule has 2 aliphatic rings. The first kappa shape index (κ1) is 19.3. The van der Waals surface area contributed by atoms with Crippen LogP contribution in [0, 0.1) is 0 Å². The van der Waals surface area contributed by atoms with E-state index in [1.54, 1.807) is 7.11 Å². The van der Waals surface area contributed by atoms with Crippen molar-refractivity contribution in [2.45, 2.75) is 31.8 Å². The summed E-state index contributed by atoms with van der Waals surface area (Å²) >= 11 is 1.49.